The van der Waals surface area contributed by atoms with Gasteiger partial charge in [-0.3, -0.25) is 8.89 Å². The maximum Gasteiger partial charge on any atom is 0.264 e. The fraction of sp³-hybridized carbons (Fsp3) is 1.00. The maximum absolute atomic E-state index is 10.3. The fourth-order valence-corrected chi connectivity index (χ4v) is 0.775. The standard InChI is InChI=1S/C5H12O3S.FH/c1-3-4-5-8-9(2,6)7;/h3-5H2,1-2H3;1H. The lowest BCUT2D eigenvalue weighted by Gasteiger charge is -1.96. The average Bonchev–Trinajstić information content (AvgIpc) is 1.63. The minimum Gasteiger partial charge on any atom is -0.270 e. The molecule has 0 aromatic rings. The third-order valence-corrected chi connectivity index (χ3v) is 1.39. The minimum absolute atomic E-state index is 0. The van der Waals surface area contributed by atoms with E-state index >= 15 is 0 Å². The lowest BCUT2D eigenvalue weighted by molar-refractivity contribution is 0.314. The molecule has 0 spiro atoms. The Balaban J connectivity index is 0. The zero-order valence-electron chi connectivity index (χ0n) is 6.16. The Morgan fingerprint density at radius 3 is 2.20 bits per heavy atom. The molecule has 0 heterocycles. The Hall–Kier alpha value is -0.160. The summed E-state index contributed by atoms with van der Waals surface area (Å²) in [5, 5.41) is 0. The molecule has 0 amide bonds. The normalized spacial score (nSPS) is 10.6. The van der Waals surface area contributed by atoms with Crippen LogP contribution in [0.5, 0.6) is 0 Å². The molecule has 0 unspecified atom stereocenters. The molecule has 0 saturated heterocycles. The van der Waals surface area contributed by atoms with Crippen LogP contribution in [0.2, 0.25) is 0 Å². The summed E-state index contributed by atoms with van der Waals surface area (Å²) in [5.41, 5.74) is 0. The van der Waals surface area contributed by atoms with E-state index in [1.54, 1.807) is 0 Å². The maximum atomic E-state index is 10.3. The number of halogens is 1. The molecule has 0 bridgehead atoms. The molecule has 0 rings (SSSR count). The van der Waals surface area contributed by atoms with Gasteiger partial charge in [0.15, 0.2) is 0 Å². The van der Waals surface area contributed by atoms with Crippen LogP contribution in [0.15, 0.2) is 0 Å². The summed E-state index contributed by atoms with van der Waals surface area (Å²) in [6, 6.07) is 0. The zero-order valence-corrected chi connectivity index (χ0v) is 6.98. The fourth-order valence-electron chi connectivity index (χ4n) is 0.355. The second-order valence-electron chi connectivity index (χ2n) is 1.88. The lowest BCUT2D eigenvalue weighted by atomic mass is 10.4. The minimum atomic E-state index is -3.20. The van der Waals surface area contributed by atoms with Gasteiger partial charge in [0.1, 0.15) is 0 Å². The number of unbranched alkanes of at least 4 members (excludes halogenated alkanes) is 1. The van der Waals surface area contributed by atoms with Crippen molar-refractivity contribution in [3.8, 4) is 0 Å². The van der Waals surface area contributed by atoms with E-state index in [0.29, 0.717) is 6.61 Å². The van der Waals surface area contributed by atoms with Crippen LogP contribution in [0.1, 0.15) is 19.8 Å². The van der Waals surface area contributed by atoms with Gasteiger partial charge >= 0.3 is 0 Å². The van der Waals surface area contributed by atoms with E-state index in [-0.39, 0.29) is 4.70 Å². The highest BCUT2D eigenvalue weighted by atomic mass is 32.2. The van der Waals surface area contributed by atoms with Gasteiger partial charge in [-0.15, -0.1) is 0 Å². The number of hydrogen-bond acceptors (Lipinski definition) is 3. The highest BCUT2D eigenvalue weighted by molar-refractivity contribution is 7.85. The third-order valence-electron chi connectivity index (χ3n) is 0.795. The molecule has 0 aliphatic rings. The van der Waals surface area contributed by atoms with Crippen LogP contribution in [-0.2, 0) is 14.3 Å². The summed E-state index contributed by atoms with van der Waals surface area (Å²) in [5.74, 6) is 0. The summed E-state index contributed by atoms with van der Waals surface area (Å²) in [6.07, 6.45) is 2.81. The van der Waals surface area contributed by atoms with Crippen LogP contribution < -0.4 is 0 Å². The SMILES string of the molecule is CCCCOS(C)(=O)=O.F. The predicted molar refractivity (Wildman–Crippen MR) is 38.2 cm³/mol. The second-order valence-corrected chi connectivity index (χ2v) is 3.52. The first kappa shape index (κ1) is 12.5. The topological polar surface area (TPSA) is 43.4 Å². The molecular weight excluding hydrogens is 159 g/mol. The predicted octanol–water partition coefficient (Wildman–Crippen LogP) is 0.915. The van der Waals surface area contributed by atoms with Gasteiger partial charge in [0, 0.05) is 0 Å². The highest BCUT2D eigenvalue weighted by Gasteiger charge is 1.98. The van der Waals surface area contributed by atoms with Crippen molar-refractivity contribution in [1.82, 2.24) is 0 Å². The van der Waals surface area contributed by atoms with Crippen molar-refractivity contribution in [1.29, 1.82) is 0 Å². The molecule has 0 atom stereocenters. The lowest BCUT2D eigenvalue weighted by Crippen LogP contribution is -2.03. The summed E-state index contributed by atoms with van der Waals surface area (Å²) >= 11 is 0. The van der Waals surface area contributed by atoms with Gasteiger partial charge in [-0.25, -0.2) is 0 Å². The van der Waals surface area contributed by atoms with E-state index in [0.717, 1.165) is 19.1 Å². The zero-order chi connectivity index (χ0) is 7.33. The molecule has 10 heavy (non-hydrogen) atoms. The van der Waals surface area contributed by atoms with E-state index in [1.165, 1.54) is 0 Å². The van der Waals surface area contributed by atoms with Gasteiger partial charge in [-0.1, -0.05) is 13.3 Å². The van der Waals surface area contributed by atoms with Crippen molar-refractivity contribution in [3.63, 3.8) is 0 Å². The summed E-state index contributed by atoms with van der Waals surface area (Å²) in [6.45, 7) is 2.29. The van der Waals surface area contributed by atoms with Crippen LogP contribution in [-0.4, -0.2) is 21.3 Å². The van der Waals surface area contributed by atoms with Gasteiger partial charge in [-0.05, 0) is 6.42 Å². The molecule has 5 heteroatoms. The molecule has 0 aliphatic heterocycles. The van der Waals surface area contributed by atoms with Gasteiger partial charge in [0.05, 0.1) is 12.9 Å². The molecule has 0 N–H and O–H groups in total. The Kier molecular flexibility index (Phi) is 7.02. The van der Waals surface area contributed by atoms with Crippen molar-refractivity contribution in [3.05, 3.63) is 0 Å². The van der Waals surface area contributed by atoms with E-state index in [9.17, 15) is 8.42 Å². The van der Waals surface area contributed by atoms with E-state index < -0.39 is 10.1 Å². The van der Waals surface area contributed by atoms with E-state index in [4.69, 9.17) is 0 Å². The summed E-state index contributed by atoms with van der Waals surface area (Å²) in [7, 11) is -3.20. The first-order chi connectivity index (χ1) is 4.06. The van der Waals surface area contributed by atoms with Crippen LogP contribution >= 0.6 is 0 Å². The first-order valence-corrected chi connectivity index (χ1v) is 4.72. The molecular formula is C5H13FO3S. The number of hydrogen-bond donors (Lipinski definition) is 0. The number of rotatable bonds is 4. The average molecular weight is 172 g/mol. The molecule has 3 nitrogen and oxygen atoms in total. The van der Waals surface area contributed by atoms with Gasteiger partial charge in [-0.2, -0.15) is 8.42 Å². The quantitative estimate of drug-likeness (QED) is 0.467. The van der Waals surface area contributed by atoms with Crippen molar-refractivity contribution in [2.45, 2.75) is 19.8 Å². The molecule has 0 radical (unpaired) electrons. The van der Waals surface area contributed by atoms with Gasteiger partial charge in [0.25, 0.3) is 10.1 Å². The Morgan fingerprint density at radius 2 is 1.90 bits per heavy atom. The Morgan fingerprint density at radius 1 is 1.40 bits per heavy atom. The smallest absolute Gasteiger partial charge is 0.264 e. The monoisotopic (exact) mass is 172 g/mol. The van der Waals surface area contributed by atoms with E-state index in [1.807, 2.05) is 6.92 Å². The first-order valence-electron chi connectivity index (χ1n) is 2.90. The van der Waals surface area contributed by atoms with E-state index in [2.05, 4.69) is 4.18 Å². The molecule has 0 fully saturated rings. The Labute approximate surface area is 60.9 Å². The molecule has 0 aromatic carbocycles. The molecule has 0 aromatic heterocycles. The van der Waals surface area contributed by atoms with Gasteiger partial charge < -0.3 is 0 Å². The van der Waals surface area contributed by atoms with Crippen LogP contribution in [0, 0.1) is 0 Å². The third kappa shape index (κ3) is 10.8. The van der Waals surface area contributed by atoms with Gasteiger partial charge in [0.2, 0.25) is 0 Å². The summed E-state index contributed by atoms with van der Waals surface area (Å²) < 4.78 is 25.0. The van der Waals surface area contributed by atoms with Crippen LogP contribution in [0.25, 0.3) is 0 Å². The highest BCUT2D eigenvalue weighted by Crippen LogP contribution is 1.91. The van der Waals surface area contributed by atoms with Crippen LogP contribution in [0.4, 0.5) is 4.70 Å². The molecule has 0 saturated carbocycles. The van der Waals surface area contributed by atoms with Crippen LogP contribution in [0.3, 0.4) is 0 Å². The Bertz CT molecular complexity index is 152. The van der Waals surface area contributed by atoms with Crippen molar-refractivity contribution >= 4 is 10.1 Å². The van der Waals surface area contributed by atoms with Crippen molar-refractivity contribution in [2.24, 2.45) is 0 Å². The molecule has 0 aliphatic carbocycles. The molecule has 64 valence electrons. The largest absolute Gasteiger partial charge is 0.270 e. The summed E-state index contributed by atoms with van der Waals surface area (Å²) in [4.78, 5) is 0. The van der Waals surface area contributed by atoms with Crippen molar-refractivity contribution < 1.29 is 17.3 Å². The van der Waals surface area contributed by atoms with Crippen molar-refractivity contribution in [2.75, 3.05) is 12.9 Å². The second kappa shape index (κ2) is 5.61.